The standard InChI is InChI=1S/C31H30O10/c1-14(2)17-12-18-24(34)21-23(33)15-8-10-29(3,4)40-25(15)16(9-11-30(5,6)41-37)26(21)39-27(18)20-19(32)13-31(36,22(17)20)28(35)38-7/h8-12,33,36-37H,1,13H2,2-7H3/b11-9+. The van der Waals surface area contributed by atoms with Gasteiger partial charge in [-0.1, -0.05) is 12.2 Å². The van der Waals surface area contributed by atoms with Crippen LogP contribution in [0, 0.1) is 0 Å². The molecule has 0 saturated heterocycles. The van der Waals surface area contributed by atoms with Crippen LogP contribution in [0.15, 0.2) is 34.0 Å². The Bertz CT molecular complexity index is 1820. The highest BCUT2D eigenvalue weighted by Gasteiger charge is 2.52. The van der Waals surface area contributed by atoms with Gasteiger partial charge in [-0.25, -0.2) is 9.68 Å². The zero-order chi connectivity index (χ0) is 30.2. The maximum absolute atomic E-state index is 14.1. The molecule has 0 fully saturated rings. The maximum atomic E-state index is 14.1. The van der Waals surface area contributed by atoms with Crippen molar-refractivity contribution < 1.29 is 43.8 Å². The summed E-state index contributed by atoms with van der Waals surface area (Å²) in [6.45, 7) is 12.3. The highest BCUT2D eigenvalue weighted by atomic mass is 17.1. The molecule has 2 aliphatic rings. The summed E-state index contributed by atoms with van der Waals surface area (Å²) in [6.07, 6.45) is 5.78. The average molecular weight is 563 g/mol. The first kappa shape index (κ1) is 28.3. The number of allylic oxidation sites excluding steroid dienone is 1. The van der Waals surface area contributed by atoms with Crippen molar-refractivity contribution in [2.24, 2.45) is 0 Å². The molecule has 5 rings (SSSR count). The van der Waals surface area contributed by atoms with E-state index in [0.29, 0.717) is 5.57 Å². The predicted octanol–water partition coefficient (Wildman–Crippen LogP) is 5.10. The van der Waals surface area contributed by atoms with Gasteiger partial charge in [-0.05, 0) is 70.6 Å². The SMILES string of the molecule is C=C(C)c1cc2c(=O)c3c(O)c4c(c(/C=C/C(C)(C)OO)c3oc2c2c1C(O)(C(=O)OC)CC2=O)OC(C)(C)C=C4. The molecule has 10 heteroatoms. The third kappa shape index (κ3) is 4.18. The van der Waals surface area contributed by atoms with E-state index in [0.717, 1.165) is 7.11 Å². The minimum absolute atomic E-state index is 0.0537. The number of ether oxygens (including phenoxy) is 2. The third-order valence-corrected chi connectivity index (χ3v) is 7.40. The van der Waals surface area contributed by atoms with Gasteiger partial charge in [-0.2, -0.15) is 0 Å². The van der Waals surface area contributed by atoms with Gasteiger partial charge in [0.15, 0.2) is 17.0 Å². The van der Waals surface area contributed by atoms with Gasteiger partial charge in [0.2, 0.25) is 5.43 Å². The molecule has 3 aromatic rings. The number of fused-ring (bicyclic) bond motifs is 5. The lowest BCUT2D eigenvalue weighted by molar-refractivity contribution is -0.296. The number of benzene rings is 2. The van der Waals surface area contributed by atoms with Crippen molar-refractivity contribution in [3.63, 3.8) is 0 Å². The fourth-order valence-corrected chi connectivity index (χ4v) is 5.32. The number of aromatic hydroxyl groups is 1. The zero-order valence-corrected chi connectivity index (χ0v) is 23.5. The van der Waals surface area contributed by atoms with Gasteiger partial charge in [0, 0.05) is 5.56 Å². The summed E-state index contributed by atoms with van der Waals surface area (Å²) >= 11 is 0. The number of hydrogen-bond acceptors (Lipinski definition) is 10. The van der Waals surface area contributed by atoms with Crippen LogP contribution < -0.4 is 10.2 Å². The van der Waals surface area contributed by atoms with Crippen molar-refractivity contribution in [3.8, 4) is 11.5 Å². The molecule has 0 radical (unpaired) electrons. The number of aliphatic hydroxyl groups is 1. The van der Waals surface area contributed by atoms with E-state index in [1.165, 1.54) is 18.2 Å². The number of carbonyl (C=O) groups excluding carboxylic acids is 2. The van der Waals surface area contributed by atoms with E-state index in [2.05, 4.69) is 11.5 Å². The Kier molecular flexibility index (Phi) is 6.30. The van der Waals surface area contributed by atoms with Crippen molar-refractivity contribution in [2.75, 3.05) is 7.11 Å². The first-order valence-electron chi connectivity index (χ1n) is 12.8. The first-order chi connectivity index (χ1) is 19.1. The molecule has 1 atom stereocenters. The number of phenolic OH excluding ortho intramolecular Hbond substituents is 1. The first-order valence-corrected chi connectivity index (χ1v) is 12.8. The fraction of sp³-hybridized carbons (Fsp3) is 0.323. The summed E-state index contributed by atoms with van der Waals surface area (Å²) in [6, 6.07) is 1.39. The summed E-state index contributed by atoms with van der Waals surface area (Å²) in [5, 5.41) is 31.9. The molecule has 1 aliphatic heterocycles. The van der Waals surface area contributed by atoms with Crippen molar-refractivity contribution in [3.05, 3.63) is 62.8 Å². The van der Waals surface area contributed by atoms with Gasteiger partial charge in [-0.3, -0.25) is 14.8 Å². The van der Waals surface area contributed by atoms with Gasteiger partial charge in [0.25, 0.3) is 0 Å². The Hall–Kier alpha value is -4.25. The topological polar surface area (TPSA) is 153 Å². The van der Waals surface area contributed by atoms with Crippen LogP contribution in [0.25, 0.3) is 39.7 Å². The number of ketones is 1. The van der Waals surface area contributed by atoms with Crippen LogP contribution in [-0.4, -0.2) is 45.5 Å². The van der Waals surface area contributed by atoms with Crippen LogP contribution >= 0.6 is 0 Å². The molecule has 2 heterocycles. The van der Waals surface area contributed by atoms with E-state index >= 15 is 0 Å². The number of hydrogen-bond donors (Lipinski definition) is 3. The molecule has 41 heavy (non-hydrogen) atoms. The van der Waals surface area contributed by atoms with Crippen molar-refractivity contribution in [2.45, 2.75) is 57.8 Å². The molecule has 3 N–H and O–H groups in total. The Morgan fingerprint density at radius 2 is 1.90 bits per heavy atom. The highest BCUT2D eigenvalue weighted by molar-refractivity contribution is 6.17. The summed E-state index contributed by atoms with van der Waals surface area (Å²) in [7, 11) is 1.09. The van der Waals surface area contributed by atoms with Crippen LogP contribution in [0.4, 0.5) is 0 Å². The highest BCUT2D eigenvalue weighted by Crippen LogP contribution is 2.49. The lowest BCUT2D eigenvalue weighted by atomic mass is 9.87. The second-order valence-corrected chi connectivity index (χ2v) is 11.5. The molecular formula is C31H30O10. The Morgan fingerprint density at radius 3 is 2.51 bits per heavy atom. The molecule has 214 valence electrons. The van der Waals surface area contributed by atoms with Crippen molar-refractivity contribution in [1.29, 1.82) is 0 Å². The summed E-state index contributed by atoms with van der Waals surface area (Å²) in [4.78, 5) is 44.7. The Morgan fingerprint density at radius 1 is 1.22 bits per heavy atom. The monoisotopic (exact) mass is 562 g/mol. The molecule has 1 aliphatic carbocycles. The smallest absolute Gasteiger partial charge is 0.343 e. The molecule has 1 aromatic heterocycles. The molecule has 2 aromatic carbocycles. The molecular weight excluding hydrogens is 532 g/mol. The Labute approximate surface area is 234 Å². The summed E-state index contributed by atoms with van der Waals surface area (Å²) < 4.78 is 17.3. The second kappa shape index (κ2) is 9.13. The average Bonchev–Trinajstić information content (AvgIpc) is 3.18. The van der Waals surface area contributed by atoms with Crippen LogP contribution in [0.5, 0.6) is 11.5 Å². The van der Waals surface area contributed by atoms with Gasteiger partial charge < -0.3 is 24.1 Å². The van der Waals surface area contributed by atoms with E-state index in [4.69, 9.17) is 13.9 Å². The molecule has 0 bridgehead atoms. The number of rotatable bonds is 5. The normalized spacial score (nSPS) is 19.5. The van der Waals surface area contributed by atoms with Gasteiger partial charge in [-0.15, -0.1) is 0 Å². The Balaban J connectivity index is 2.01. The van der Waals surface area contributed by atoms with Crippen LogP contribution in [0.1, 0.15) is 73.7 Å². The summed E-state index contributed by atoms with van der Waals surface area (Å²) in [5.41, 5.74) is -4.36. The van der Waals surface area contributed by atoms with Crippen molar-refractivity contribution in [1.82, 2.24) is 0 Å². The van der Waals surface area contributed by atoms with Gasteiger partial charge >= 0.3 is 5.97 Å². The lowest BCUT2D eigenvalue weighted by Gasteiger charge is -2.30. The molecule has 10 nitrogen and oxygen atoms in total. The van der Waals surface area contributed by atoms with E-state index < -0.39 is 40.4 Å². The number of carbonyl (C=O) groups is 2. The molecule has 1 unspecified atom stereocenters. The molecule has 0 spiro atoms. The predicted molar refractivity (Wildman–Crippen MR) is 152 cm³/mol. The largest absolute Gasteiger partial charge is 0.506 e. The molecule has 0 amide bonds. The third-order valence-electron chi connectivity index (χ3n) is 7.40. The van der Waals surface area contributed by atoms with Gasteiger partial charge in [0.1, 0.15) is 33.7 Å². The maximum Gasteiger partial charge on any atom is 0.343 e. The number of Topliss-reactive ketones (excluding diaryl/α,β-unsaturated/α-hetero) is 1. The minimum atomic E-state index is -2.32. The van der Waals surface area contributed by atoms with Gasteiger partial charge in [0.05, 0.1) is 35.6 Å². The fourth-order valence-electron chi connectivity index (χ4n) is 5.32. The van der Waals surface area contributed by atoms with Crippen LogP contribution in [0.2, 0.25) is 0 Å². The van der Waals surface area contributed by atoms with Crippen LogP contribution in [-0.2, 0) is 20.0 Å². The zero-order valence-electron chi connectivity index (χ0n) is 23.5. The van der Waals surface area contributed by atoms with E-state index in [1.54, 1.807) is 46.8 Å². The molecule has 0 saturated carbocycles. The minimum Gasteiger partial charge on any atom is -0.506 e. The quantitative estimate of drug-likeness (QED) is 0.166. The van der Waals surface area contributed by atoms with Crippen molar-refractivity contribution >= 4 is 51.4 Å². The number of methoxy groups -OCH3 is 1. The van der Waals surface area contributed by atoms with Crippen LogP contribution in [0.3, 0.4) is 0 Å². The van der Waals surface area contributed by atoms with E-state index in [-0.39, 0.29) is 61.3 Å². The van der Waals surface area contributed by atoms with E-state index in [9.17, 15) is 29.9 Å². The summed E-state index contributed by atoms with van der Waals surface area (Å²) in [5.74, 6) is -1.87. The lowest BCUT2D eigenvalue weighted by Crippen LogP contribution is -2.35. The number of esters is 1. The second-order valence-electron chi connectivity index (χ2n) is 11.5. The van der Waals surface area contributed by atoms with E-state index in [1.807, 2.05) is 0 Å². The number of phenols is 1.